The lowest BCUT2D eigenvalue weighted by Gasteiger charge is -2.23. The van der Waals surface area contributed by atoms with Gasteiger partial charge in [-0.25, -0.2) is 4.79 Å². The molecule has 0 saturated carbocycles. The molecule has 0 aliphatic heterocycles. The molecule has 0 bridgehead atoms. The lowest BCUT2D eigenvalue weighted by Crippen LogP contribution is -2.13. The van der Waals surface area contributed by atoms with Gasteiger partial charge in [0.2, 0.25) is 0 Å². The Labute approximate surface area is 85.3 Å². The van der Waals surface area contributed by atoms with Crippen LogP contribution < -0.4 is 0 Å². The van der Waals surface area contributed by atoms with Crippen LogP contribution in [0.2, 0.25) is 0 Å². The number of allylic oxidation sites excluding steroid dienone is 3. The van der Waals surface area contributed by atoms with Crippen molar-refractivity contribution in [2.24, 2.45) is 5.92 Å². The third-order valence-corrected chi connectivity index (χ3v) is 2.92. The van der Waals surface area contributed by atoms with Crippen LogP contribution in [0.3, 0.4) is 0 Å². The number of hydrogen-bond acceptors (Lipinski definition) is 1. The van der Waals surface area contributed by atoms with Gasteiger partial charge in [0.15, 0.2) is 0 Å². The van der Waals surface area contributed by atoms with Crippen LogP contribution in [0, 0.1) is 5.92 Å². The predicted octanol–water partition coefficient (Wildman–Crippen LogP) is 3.15. The van der Waals surface area contributed by atoms with E-state index in [1.165, 1.54) is 11.1 Å². The summed E-state index contributed by atoms with van der Waals surface area (Å²) in [5, 5.41) is 8.94. The van der Waals surface area contributed by atoms with Gasteiger partial charge >= 0.3 is 5.97 Å². The van der Waals surface area contributed by atoms with Gasteiger partial charge in [-0.2, -0.15) is 0 Å². The molecule has 0 amide bonds. The van der Waals surface area contributed by atoms with Crippen LogP contribution in [0.4, 0.5) is 0 Å². The van der Waals surface area contributed by atoms with Gasteiger partial charge in [-0.15, -0.1) is 0 Å². The summed E-state index contributed by atoms with van der Waals surface area (Å²) in [6.07, 6.45) is 4.52. The van der Waals surface area contributed by atoms with E-state index in [2.05, 4.69) is 20.8 Å². The molecule has 78 valence electrons. The van der Waals surface area contributed by atoms with Crippen LogP contribution in [0.25, 0.3) is 0 Å². The van der Waals surface area contributed by atoms with E-state index in [0.717, 1.165) is 12.8 Å². The summed E-state index contributed by atoms with van der Waals surface area (Å²) in [7, 11) is 0. The lowest BCUT2D eigenvalue weighted by molar-refractivity contribution is -0.132. The number of carbonyl (C=O) groups is 1. The standard InChI is InChI=1S/C12H18O2/c1-4-9-7-10(12(13)14)6-8(3)11(9)5-2/h7-8H,4-6H2,1-3H3,(H,13,14). The summed E-state index contributed by atoms with van der Waals surface area (Å²) in [4.78, 5) is 10.9. The Morgan fingerprint density at radius 3 is 2.57 bits per heavy atom. The molecule has 1 unspecified atom stereocenters. The molecule has 14 heavy (non-hydrogen) atoms. The highest BCUT2D eigenvalue weighted by Crippen LogP contribution is 2.32. The van der Waals surface area contributed by atoms with Gasteiger partial charge in [0.25, 0.3) is 0 Å². The van der Waals surface area contributed by atoms with Crippen molar-refractivity contribution in [1.29, 1.82) is 0 Å². The first-order valence-electron chi connectivity index (χ1n) is 5.25. The molecule has 0 radical (unpaired) electrons. The van der Waals surface area contributed by atoms with E-state index in [0.29, 0.717) is 17.9 Å². The Morgan fingerprint density at radius 1 is 1.50 bits per heavy atom. The monoisotopic (exact) mass is 194 g/mol. The molecule has 1 rings (SSSR count). The highest BCUT2D eigenvalue weighted by atomic mass is 16.4. The number of aliphatic carboxylic acids is 1. The lowest BCUT2D eigenvalue weighted by atomic mass is 9.82. The number of carboxylic acids is 1. The Morgan fingerprint density at radius 2 is 2.14 bits per heavy atom. The molecule has 0 spiro atoms. The normalized spacial score (nSPS) is 22.2. The molecule has 0 aromatic rings. The van der Waals surface area contributed by atoms with Crippen LogP contribution in [-0.4, -0.2) is 11.1 Å². The maximum atomic E-state index is 10.9. The minimum absolute atomic E-state index is 0.394. The fourth-order valence-corrected chi connectivity index (χ4v) is 2.19. The van der Waals surface area contributed by atoms with Gasteiger partial charge < -0.3 is 5.11 Å². The molecule has 0 aromatic heterocycles. The van der Waals surface area contributed by atoms with E-state index >= 15 is 0 Å². The SMILES string of the molecule is CCC1=C(CC)C(C)CC(C(=O)O)=C1. The fraction of sp³-hybridized carbons (Fsp3) is 0.583. The van der Waals surface area contributed by atoms with Crippen molar-refractivity contribution in [3.05, 3.63) is 22.8 Å². The van der Waals surface area contributed by atoms with Crippen molar-refractivity contribution in [2.45, 2.75) is 40.0 Å². The summed E-state index contributed by atoms with van der Waals surface area (Å²) < 4.78 is 0. The summed E-state index contributed by atoms with van der Waals surface area (Å²) >= 11 is 0. The van der Waals surface area contributed by atoms with Crippen LogP contribution in [-0.2, 0) is 4.79 Å². The average molecular weight is 194 g/mol. The smallest absolute Gasteiger partial charge is 0.331 e. The maximum Gasteiger partial charge on any atom is 0.331 e. The topological polar surface area (TPSA) is 37.3 Å². The molecule has 0 saturated heterocycles. The largest absolute Gasteiger partial charge is 0.478 e. The molecule has 0 aromatic carbocycles. The fourth-order valence-electron chi connectivity index (χ4n) is 2.19. The first kappa shape index (κ1) is 11.0. The zero-order chi connectivity index (χ0) is 10.7. The van der Waals surface area contributed by atoms with E-state index in [4.69, 9.17) is 5.11 Å². The number of hydrogen-bond donors (Lipinski definition) is 1. The maximum absolute atomic E-state index is 10.9. The highest BCUT2D eigenvalue weighted by Gasteiger charge is 2.21. The Balaban J connectivity index is 3.06. The van der Waals surface area contributed by atoms with Crippen LogP contribution in [0.5, 0.6) is 0 Å². The minimum atomic E-state index is -0.766. The van der Waals surface area contributed by atoms with Crippen molar-refractivity contribution in [3.8, 4) is 0 Å². The van der Waals surface area contributed by atoms with E-state index in [9.17, 15) is 4.79 Å². The van der Waals surface area contributed by atoms with E-state index < -0.39 is 5.97 Å². The molecular weight excluding hydrogens is 176 g/mol. The molecule has 2 nitrogen and oxygen atoms in total. The van der Waals surface area contributed by atoms with Crippen molar-refractivity contribution < 1.29 is 9.90 Å². The van der Waals surface area contributed by atoms with Crippen molar-refractivity contribution in [2.75, 3.05) is 0 Å². The Kier molecular flexibility index (Phi) is 3.50. The second kappa shape index (κ2) is 4.45. The van der Waals surface area contributed by atoms with E-state index in [1.807, 2.05) is 6.08 Å². The molecule has 2 heteroatoms. The number of rotatable bonds is 3. The van der Waals surface area contributed by atoms with Crippen LogP contribution in [0.15, 0.2) is 22.8 Å². The molecule has 0 fully saturated rings. The van der Waals surface area contributed by atoms with Gasteiger partial charge in [0.05, 0.1) is 0 Å². The first-order chi connectivity index (χ1) is 6.60. The number of carboxylic acid groups (broad SMARTS) is 1. The van der Waals surface area contributed by atoms with Gasteiger partial charge in [0, 0.05) is 5.57 Å². The van der Waals surface area contributed by atoms with Gasteiger partial charge in [0.1, 0.15) is 0 Å². The summed E-state index contributed by atoms with van der Waals surface area (Å²) in [6, 6.07) is 0. The van der Waals surface area contributed by atoms with Crippen LogP contribution in [0.1, 0.15) is 40.0 Å². The molecule has 1 N–H and O–H groups in total. The average Bonchev–Trinajstić information content (AvgIpc) is 2.16. The third-order valence-electron chi connectivity index (χ3n) is 2.92. The quantitative estimate of drug-likeness (QED) is 0.749. The summed E-state index contributed by atoms with van der Waals surface area (Å²) in [6.45, 7) is 6.34. The molecule has 1 aliphatic carbocycles. The van der Waals surface area contributed by atoms with Gasteiger partial charge in [-0.3, -0.25) is 0 Å². The second-order valence-corrected chi connectivity index (χ2v) is 3.84. The predicted molar refractivity (Wildman–Crippen MR) is 57.1 cm³/mol. The third kappa shape index (κ3) is 2.06. The molecule has 1 aliphatic rings. The zero-order valence-corrected chi connectivity index (χ0v) is 9.13. The van der Waals surface area contributed by atoms with Crippen LogP contribution >= 0.6 is 0 Å². The van der Waals surface area contributed by atoms with Crippen molar-refractivity contribution >= 4 is 5.97 Å². The Hall–Kier alpha value is -1.05. The zero-order valence-electron chi connectivity index (χ0n) is 9.13. The van der Waals surface area contributed by atoms with E-state index in [1.54, 1.807) is 0 Å². The highest BCUT2D eigenvalue weighted by molar-refractivity contribution is 5.87. The second-order valence-electron chi connectivity index (χ2n) is 3.84. The molecule has 0 heterocycles. The Bertz CT molecular complexity index is 297. The summed E-state index contributed by atoms with van der Waals surface area (Å²) in [5.41, 5.74) is 3.22. The molecule has 1 atom stereocenters. The van der Waals surface area contributed by atoms with Gasteiger partial charge in [-0.05, 0) is 36.8 Å². The van der Waals surface area contributed by atoms with Crippen molar-refractivity contribution in [3.63, 3.8) is 0 Å². The van der Waals surface area contributed by atoms with E-state index in [-0.39, 0.29) is 0 Å². The summed E-state index contributed by atoms with van der Waals surface area (Å²) in [5.74, 6) is -0.371. The van der Waals surface area contributed by atoms with Gasteiger partial charge in [-0.1, -0.05) is 26.3 Å². The minimum Gasteiger partial charge on any atom is -0.478 e. The molecular formula is C12H18O2. The first-order valence-corrected chi connectivity index (χ1v) is 5.25. The van der Waals surface area contributed by atoms with Crippen molar-refractivity contribution in [1.82, 2.24) is 0 Å².